The summed E-state index contributed by atoms with van der Waals surface area (Å²) in [5.74, 6) is 0.824. The van der Waals surface area contributed by atoms with Crippen molar-refractivity contribution < 1.29 is 13.9 Å². The number of aromatic nitrogens is 3. The Morgan fingerprint density at radius 1 is 1.12 bits per heavy atom. The molecule has 0 radical (unpaired) electrons. The van der Waals surface area contributed by atoms with Crippen molar-refractivity contribution in [1.82, 2.24) is 14.5 Å². The molecule has 0 spiro atoms. The minimum absolute atomic E-state index is 0.201. The minimum Gasteiger partial charge on any atom is -0.493 e. The van der Waals surface area contributed by atoms with Crippen molar-refractivity contribution in [2.24, 2.45) is 0 Å². The van der Waals surface area contributed by atoms with Gasteiger partial charge < -0.3 is 14.5 Å². The van der Waals surface area contributed by atoms with E-state index in [1.165, 1.54) is 23.0 Å². The van der Waals surface area contributed by atoms with E-state index in [0.29, 0.717) is 29.1 Å². The molecule has 0 fully saturated rings. The maximum atomic E-state index is 13.0. The minimum atomic E-state index is -0.312. The number of rotatable bonds is 4. The normalized spacial score (nSPS) is 11.2. The Hall–Kier alpha value is -3.35. The van der Waals surface area contributed by atoms with E-state index >= 15 is 0 Å². The van der Waals surface area contributed by atoms with Crippen LogP contribution in [0.1, 0.15) is 5.56 Å². The summed E-state index contributed by atoms with van der Waals surface area (Å²) in [6.45, 7) is 0.310. The summed E-state index contributed by atoms with van der Waals surface area (Å²) in [5, 5.41) is 0.781. The summed E-state index contributed by atoms with van der Waals surface area (Å²) in [4.78, 5) is 20.4. The summed E-state index contributed by atoms with van der Waals surface area (Å²) in [7, 11) is 3.11. The average molecular weight is 353 g/mol. The number of nitrogens with one attached hydrogen (secondary N) is 1. The lowest BCUT2D eigenvalue weighted by Gasteiger charge is -2.07. The van der Waals surface area contributed by atoms with Crippen molar-refractivity contribution in [3.05, 3.63) is 64.5 Å². The van der Waals surface area contributed by atoms with Crippen molar-refractivity contribution in [3.8, 4) is 11.5 Å². The van der Waals surface area contributed by atoms with Crippen LogP contribution in [0.25, 0.3) is 21.9 Å². The van der Waals surface area contributed by atoms with Crippen LogP contribution in [-0.4, -0.2) is 28.8 Å². The zero-order chi connectivity index (χ0) is 18.3. The molecule has 2 aromatic heterocycles. The maximum Gasteiger partial charge on any atom is 0.277 e. The second-order valence-electron chi connectivity index (χ2n) is 5.91. The van der Waals surface area contributed by atoms with Crippen molar-refractivity contribution in [3.63, 3.8) is 0 Å². The quantitative estimate of drug-likeness (QED) is 0.612. The van der Waals surface area contributed by atoms with Crippen molar-refractivity contribution in [2.45, 2.75) is 6.54 Å². The second kappa shape index (κ2) is 6.18. The third kappa shape index (κ3) is 2.57. The van der Waals surface area contributed by atoms with E-state index in [9.17, 15) is 9.18 Å². The van der Waals surface area contributed by atoms with Crippen LogP contribution in [0.15, 0.2) is 47.5 Å². The molecule has 4 aromatic rings. The molecular formula is C19H16FN3O3. The fourth-order valence-corrected chi connectivity index (χ4v) is 3.02. The van der Waals surface area contributed by atoms with Gasteiger partial charge in [0.2, 0.25) is 0 Å². The van der Waals surface area contributed by atoms with Gasteiger partial charge in [0.05, 0.1) is 32.6 Å². The summed E-state index contributed by atoms with van der Waals surface area (Å²) in [5.41, 5.74) is 2.32. The van der Waals surface area contributed by atoms with Gasteiger partial charge in [-0.3, -0.25) is 9.36 Å². The Bertz CT molecular complexity index is 1160. The molecule has 0 aliphatic carbocycles. The molecular weight excluding hydrogens is 337 g/mol. The highest BCUT2D eigenvalue weighted by Crippen LogP contribution is 2.34. The molecule has 4 rings (SSSR count). The Morgan fingerprint density at radius 2 is 1.81 bits per heavy atom. The van der Waals surface area contributed by atoms with Gasteiger partial charge in [0.1, 0.15) is 16.9 Å². The summed E-state index contributed by atoms with van der Waals surface area (Å²) >= 11 is 0. The van der Waals surface area contributed by atoms with Crippen LogP contribution in [-0.2, 0) is 6.54 Å². The van der Waals surface area contributed by atoms with E-state index in [1.54, 1.807) is 38.5 Å². The Balaban J connectivity index is 1.85. The Kier molecular flexibility index (Phi) is 3.84. The predicted octanol–water partition coefficient (Wildman–Crippen LogP) is 3.08. The van der Waals surface area contributed by atoms with E-state index in [0.717, 1.165) is 16.5 Å². The van der Waals surface area contributed by atoms with Gasteiger partial charge in [0, 0.05) is 11.5 Å². The van der Waals surface area contributed by atoms with Crippen molar-refractivity contribution >= 4 is 21.9 Å². The first-order valence-corrected chi connectivity index (χ1v) is 7.98. The molecule has 0 aliphatic rings. The molecule has 0 bridgehead atoms. The number of halogens is 1. The number of hydrogen-bond acceptors (Lipinski definition) is 4. The molecule has 132 valence electrons. The van der Waals surface area contributed by atoms with Crippen LogP contribution < -0.4 is 15.0 Å². The van der Waals surface area contributed by atoms with Gasteiger partial charge in [-0.25, -0.2) is 9.37 Å². The van der Waals surface area contributed by atoms with Crippen LogP contribution in [0, 0.1) is 5.82 Å². The number of aromatic amines is 1. The first kappa shape index (κ1) is 16.1. The van der Waals surface area contributed by atoms with Gasteiger partial charge in [-0.1, -0.05) is 12.1 Å². The zero-order valence-corrected chi connectivity index (χ0v) is 14.2. The van der Waals surface area contributed by atoms with Gasteiger partial charge in [-0.15, -0.1) is 0 Å². The van der Waals surface area contributed by atoms with E-state index in [1.807, 2.05) is 0 Å². The van der Waals surface area contributed by atoms with Crippen LogP contribution in [0.3, 0.4) is 0 Å². The number of fused-ring (bicyclic) bond motifs is 3. The van der Waals surface area contributed by atoms with Crippen LogP contribution in [0.4, 0.5) is 4.39 Å². The first-order valence-electron chi connectivity index (χ1n) is 7.98. The largest absolute Gasteiger partial charge is 0.493 e. The molecule has 0 unspecified atom stereocenters. The van der Waals surface area contributed by atoms with Gasteiger partial charge in [-0.05, 0) is 23.8 Å². The predicted molar refractivity (Wildman–Crippen MR) is 96.5 cm³/mol. The van der Waals surface area contributed by atoms with Crippen molar-refractivity contribution in [1.29, 1.82) is 0 Å². The highest BCUT2D eigenvalue weighted by atomic mass is 19.1. The van der Waals surface area contributed by atoms with E-state index in [-0.39, 0.29) is 11.4 Å². The molecule has 6 nitrogen and oxygen atoms in total. The third-order valence-corrected chi connectivity index (χ3v) is 4.34. The molecule has 2 aromatic carbocycles. The van der Waals surface area contributed by atoms with Gasteiger partial charge in [-0.2, -0.15) is 0 Å². The molecule has 0 saturated carbocycles. The van der Waals surface area contributed by atoms with E-state index in [4.69, 9.17) is 9.47 Å². The number of benzene rings is 2. The number of ether oxygens (including phenoxy) is 2. The first-order chi connectivity index (χ1) is 12.6. The maximum absolute atomic E-state index is 13.0. The fraction of sp³-hybridized carbons (Fsp3) is 0.158. The van der Waals surface area contributed by atoms with Crippen molar-refractivity contribution in [2.75, 3.05) is 14.2 Å². The van der Waals surface area contributed by atoms with Crippen LogP contribution in [0.5, 0.6) is 11.5 Å². The lowest BCUT2D eigenvalue weighted by Crippen LogP contribution is -2.21. The average Bonchev–Trinajstić information content (AvgIpc) is 3.02. The molecule has 26 heavy (non-hydrogen) atoms. The van der Waals surface area contributed by atoms with Crippen LogP contribution >= 0.6 is 0 Å². The fourth-order valence-electron chi connectivity index (χ4n) is 3.02. The second-order valence-corrected chi connectivity index (χ2v) is 5.91. The highest BCUT2D eigenvalue weighted by Gasteiger charge is 2.15. The lowest BCUT2D eigenvalue weighted by atomic mass is 10.2. The topological polar surface area (TPSA) is 69.1 Å². The molecule has 0 amide bonds. The third-order valence-electron chi connectivity index (χ3n) is 4.34. The SMILES string of the molecule is COc1cc2[nH]c3c(=O)n(Cc4ccc(F)cc4)cnc3c2cc1OC. The summed E-state index contributed by atoms with van der Waals surface area (Å²) < 4.78 is 25.2. The van der Waals surface area contributed by atoms with Gasteiger partial charge in [0.25, 0.3) is 5.56 Å². The Morgan fingerprint density at radius 3 is 2.50 bits per heavy atom. The molecule has 0 atom stereocenters. The number of methoxy groups -OCH3 is 2. The number of hydrogen-bond donors (Lipinski definition) is 1. The molecule has 0 saturated heterocycles. The monoisotopic (exact) mass is 353 g/mol. The number of nitrogens with zero attached hydrogens (tertiary/aromatic N) is 2. The zero-order valence-electron chi connectivity index (χ0n) is 14.2. The summed E-state index contributed by atoms with van der Waals surface area (Å²) in [6, 6.07) is 9.60. The van der Waals surface area contributed by atoms with E-state index < -0.39 is 0 Å². The smallest absolute Gasteiger partial charge is 0.277 e. The molecule has 0 aliphatic heterocycles. The molecule has 7 heteroatoms. The molecule has 1 N–H and O–H groups in total. The Labute approximate surface area is 147 Å². The lowest BCUT2D eigenvalue weighted by molar-refractivity contribution is 0.356. The highest BCUT2D eigenvalue weighted by molar-refractivity contribution is 6.05. The molecule has 2 heterocycles. The van der Waals surface area contributed by atoms with Gasteiger partial charge in [0.15, 0.2) is 11.5 Å². The van der Waals surface area contributed by atoms with Crippen LogP contribution in [0.2, 0.25) is 0 Å². The van der Waals surface area contributed by atoms with Gasteiger partial charge >= 0.3 is 0 Å². The van der Waals surface area contributed by atoms with E-state index in [2.05, 4.69) is 9.97 Å². The standard InChI is InChI=1S/C19H16FN3O3/c1-25-15-7-13-14(8-16(15)26-2)22-18-17(13)21-10-23(19(18)24)9-11-3-5-12(20)6-4-11/h3-8,10,22H,9H2,1-2H3. The number of H-pyrrole nitrogens is 1. The summed E-state index contributed by atoms with van der Waals surface area (Å²) in [6.07, 6.45) is 1.50.